The molecule has 0 saturated carbocycles. The predicted molar refractivity (Wildman–Crippen MR) is 136 cm³/mol. The van der Waals surface area contributed by atoms with Gasteiger partial charge in [-0.15, -0.1) is 0 Å². The molecule has 12 heteroatoms. The molecule has 0 saturated heterocycles. The van der Waals surface area contributed by atoms with Gasteiger partial charge in [-0.1, -0.05) is 0 Å². The molecule has 0 aromatic carbocycles. The number of nitrogens with one attached hydrogen (secondary N) is 1. The Balaban J connectivity index is 1.71. The Hall–Kier alpha value is -3.12. The number of alkyl halides is 3. The standard InChI is InChI=1S/C25H28F3N5O3S/c1-13-9-18-14(23(34)35-13)5-6-20(32-18)33-21-10-15-16(11-30-21)22(31-12-17(15)24(2,3)29)36-19(7-8-37-4)25(26,27)28/h5-6,10-13,19H,7-9,29H2,1-4H3,(H,30,32,33). The van der Waals surface area contributed by atoms with Crippen molar-refractivity contribution in [3.05, 3.63) is 47.4 Å². The monoisotopic (exact) mass is 535 g/mol. The number of nitrogens with two attached hydrogens (primary N) is 1. The Labute approximate surface area is 216 Å². The molecule has 0 aliphatic carbocycles. The molecular formula is C25H28F3N5O3S. The number of ether oxygens (including phenoxy) is 2. The molecule has 37 heavy (non-hydrogen) atoms. The Morgan fingerprint density at radius 2 is 1.97 bits per heavy atom. The summed E-state index contributed by atoms with van der Waals surface area (Å²) in [6.07, 6.45) is -1.97. The van der Waals surface area contributed by atoms with Crippen LogP contribution in [0.1, 0.15) is 48.8 Å². The number of fused-ring (bicyclic) bond motifs is 2. The van der Waals surface area contributed by atoms with E-state index >= 15 is 0 Å². The maximum Gasteiger partial charge on any atom is 0.425 e. The van der Waals surface area contributed by atoms with Gasteiger partial charge < -0.3 is 20.5 Å². The van der Waals surface area contributed by atoms with Gasteiger partial charge >= 0.3 is 12.1 Å². The van der Waals surface area contributed by atoms with Crippen LogP contribution < -0.4 is 15.8 Å². The van der Waals surface area contributed by atoms with Crippen molar-refractivity contribution in [3.8, 4) is 5.88 Å². The summed E-state index contributed by atoms with van der Waals surface area (Å²) in [5.41, 5.74) is 7.15. The highest BCUT2D eigenvalue weighted by Crippen LogP contribution is 2.35. The predicted octanol–water partition coefficient (Wildman–Crippen LogP) is 5.13. The SMILES string of the molecule is CSCCC(Oc1ncc(C(C)(C)N)c2cc(Nc3ccc4c(n3)CC(C)OC4=O)ncc12)C(F)(F)F. The third-order valence-electron chi connectivity index (χ3n) is 5.87. The topological polar surface area (TPSA) is 112 Å². The Bertz CT molecular complexity index is 1310. The summed E-state index contributed by atoms with van der Waals surface area (Å²) in [6, 6.07) is 4.95. The molecule has 4 heterocycles. The molecule has 0 bridgehead atoms. The van der Waals surface area contributed by atoms with Crippen molar-refractivity contribution >= 4 is 40.1 Å². The highest BCUT2D eigenvalue weighted by molar-refractivity contribution is 7.98. The lowest BCUT2D eigenvalue weighted by atomic mass is 9.93. The molecule has 4 rings (SSSR count). The summed E-state index contributed by atoms with van der Waals surface area (Å²) in [7, 11) is 0. The van der Waals surface area contributed by atoms with Crippen molar-refractivity contribution in [1.29, 1.82) is 0 Å². The summed E-state index contributed by atoms with van der Waals surface area (Å²) in [5.74, 6) is 0.558. The van der Waals surface area contributed by atoms with E-state index in [0.717, 1.165) is 0 Å². The number of aromatic nitrogens is 3. The number of hydrogen-bond acceptors (Lipinski definition) is 9. The zero-order valence-electron chi connectivity index (χ0n) is 20.8. The van der Waals surface area contributed by atoms with Crippen molar-refractivity contribution < 1.29 is 27.4 Å². The summed E-state index contributed by atoms with van der Waals surface area (Å²) in [5, 5.41) is 3.97. The molecule has 0 fully saturated rings. The Kier molecular flexibility index (Phi) is 7.52. The molecule has 2 unspecified atom stereocenters. The second-order valence-electron chi connectivity index (χ2n) is 9.48. The van der Waals surface area contributed by atoms with E-state index in [-0.39, 0.29) is 24.2 Å². The first-order chi connectivity index (χ1) is 17.4. The highest BCUT2D eigenvalue weighted by atomic mass is 32.2. The van der Waals surface area contributed by atoms with E-state index in [2.05, 4.69) is 20.3 Å². The molecule has 3 N–H and O–H groups in total. The quantitative estimate of drug-likeness (QED) is 0.379. The van der Waals surface area contributed by atoms with Gasteiger partial charge in [0.2, 0.25) is 5.88 Å². The second-order valence-corrected chi connectivity index (χ2v) is 10.5. The van der Waals surface area contributed by atoms with Crippen molar-refractivity contribution in [1.82, 2.24) is 15.0 Å². The van der Waals surface area contributed by atoms with Gasteiger partial charge in [0.25, 0.3) is 0 Å². The van der Waals surface area contributed by atoms with Crippen LogP contribution in [0, 0.1) is 0 Å². The largest absolute Gasteiger partial charge is 0.464 e. The van der Waals surface area contributed by atoms with Gasteiger partial charge in [-0.2, -0.15) is 24.9 Å². The molecule has 2 atom stereocenters. The molecule has 8 nitrogen and oxygen atoms in total. The molecule has 1 aliphatic heterocycles. The lowest BCUT2D eigenvalue weighted by Gasteiger charge is -2.25. The van der Waals surface area contributed by atoms with Gasteiger partial charge in [0.05, 0.1) is 16.6 Å². The molecule has 3 aromatic rings. The lowest BCUT2D eigenvalue weighted by molar-refractivity contribution is -0.195. The van der Waals surface area contributed by atoms with E-state index in [0.29, 0.717) is 45.6 Å². The third kappa shape index (κ3) is 6.07. The van der Waals surface area contributed by atoms with Crippen LogP contribution in [0.2, 0.25) is 0 Å². The van der Waals surface area contributed by atoms with Crippen molar-refractivity contribution in [2.75, 3.05) is 17.3 Å². The van der Waals surface area contributed by atoms with Crippen LogP contribution in [-0.2, 0) is 16.7 Å². The average Bonchev–Trinajstić information content (AvgIpc) is 2.79. The van der Waals surface area contributed by atoms with Crippen molar-refractivity contribution in [3.63, 3.8) is 0 Å². The normalized spacial score (nSPS) is 16.8. The zero-order chi connectivity index (χ0) is 27.0. The Morgan fingerprint density at radius 3 is 2.65 bits per heavy atom. The van der Waals surface area contributed by atoms with Gasteiger partial charge in [-0.25, -0.2) is 19.7 Å². The average molecular weight is 536 g/mol. The van der Waals surface area contributed by atoms with Gasteiger partial charge in [0.15, 0.2) is 6.10 Å². The number of anilines is 2. The Morgan fingerprint density at radius 1 is 1.22 bits per heavy atom. The van der Waals surface area contributed by atoms with Gasteiger partial charge in [-0.05, 0) is 61.9 Å². The van der Waals surface area contributed by atoms with Crippen molar-refractivity contribution in [2.45, 2.75) is 57.5 Å². The van der Waals surface area contributed by atoms with Gasteiger partial charge in [0.1, 0.15) is 17.7 Å². The minimum Gasteiger partial charge on any atom is -0.464 e. The minimum atomic E-state index is -4.55. The smallest absolute Gasteiger partial charge is 0.425 e. The zero-order valence-corrected chi connectivity index (χ0v) is 21.7. The second kappa shape index (κ2) is 10.3. The molecule has 0 amide bonds. The third-order valence-corrected chi connectivity index (χ3v) is 6.52. The van der Waals surface area contributed by atoms with Crippen LogP contribution in [0.3, 0.4) is 0 Å². The number of thioether (sulfide) groups is 1. The van der Waals surface area contributed by atoms with Crippen LogP contribution in [0.5, 0.6) is 5.88 Å². The fourth-order valence-electron chi connectivity index (χ4n) is 4.04. The fraction of sp³-hybridized carbons (Fsp3) is 0.440. The molecule has 198 valence electrons. The number of carbonyl (C=O) groups is 1. The maximum atomic E-state index is 13.6. The summed E-state index contributed by atoms with van der Waals surface area (Å²) in [4.78, 5) is 25.2. The van der Waals surface area contributed by atoms with E-state index in [4.69, 9.17) is 15.2 Å². The van der Waals surface area contributed by atoms with Crippen LogP contribution in [0.15, 0.2) is 30.6 Å². The number of cyclic esters (lactones) is 1. The first kappa shape index (κ1) is 26.9. The fourth-order valence-corrected chi connectivity index (χ4v) is 4.49. The van der Waals surface area contributed by atoms with E-state index in [1.807, 2.05) is 0 Å². The van der Waals surface area contributed by atoms with Crippen LogP contribution >= 0.6 is 11.8 Å². The molecule has 0 spiro atoms. The van der Waals surface area contributed by atoms with Gasteiger partial charge in [0, 0.05) is 30.8 Å². The van der Waals surface area contributed by atoms with Crippen LogP contribution in [0.4, 0.5) is 24.8 Å². The van der Waals surface area contributed by atoms with Crippen molar-refractivity contribution in [2.24, 2.45) is 5.73 Å². The van der Waals surface area contributed by atoms with E-state index < -0.39 is 23.8 Å². The number of rotatable bonds is 8. The van der Waals surface area contributed by atoms with E-state index in [1.165, 1.54) is 24.2 Å². The number of esters is 1. The summed E-state index contributed by atoms with van der Waals surface area (Å²) >= 11 is 1.31. The van der Waals surface area contributed by atoms with Crippen LogP contribution in [-0.4, -0.2) is 51.3 Å². The molecule has 1 aliphatic rings. The molecular weight excluding hydrogens is 507 g/mol. The number of carbonyl (C=O) groups excluding carboxylic acids is 1. The first-order valence-corrected chi connectivity index (χ1v) is 13.0. The van der Waals surface area contributed by atoms with E-state index in [9.17, 15) is 18.0 Å². The maximum absolute atomic E-state index is 13.6. The number of halogens is 3. The van der Waals surface area contributed by atoms with E-state index in [1.54, 1.807) is 45.2 Å². The first-order valence-electron chi connectivity index (χ1n) is 11.6. The highest BCUT2D eigenvalue weighted by Gasteiger charge is 2.42. The molecule has 3 aromatic heterocycles. The number of pyridine rings is 3. The van der Waals surface area contributed by atoms with Crippen LogP contribution in [0.25, 0.3) is 10.8 Å². The number of nitrogens with zero attached hydrogens (tertiary/aromatic N) is 3. The molecule has 0 radical (unpaired) electrons. The lowest BCUT2D eigenvalue weighted by Crippen LogP contribution is -2.35. The van der Waals surface area contributed by atoms with Gasteiger partial charge in [-0.3, -0.25) is 0 Å². The summed E-state index contributed by atoms with van der Waals surface area (Å²) in [6.45, 7) is 5.35. The number of hydrogen-bond donors (Lipinski definition) is 2. The minimum absolute atomic E-state index is 0.162. The summed E-state index contributed by atoms with van der Waals surface area (Å²) < 4.78 is 51.5.